The third-order valence-corrected chi connectivity index (χ3v) is 6.51. The van der Waals surface area contributed by atoms with Gasteiger partial charge in [-0.1, -0.05) is 12.1 Å². The van der Waals surface area contributed by atoms with Gasteiger partial charge in [-0.15, -0.1) is 0 Å². The van der Waals surface area contributed by atoms with Gasteiger partial charge in [-0.25, -0.2) is 4.98 Å². The lowest BCUT2D eigenvalue weighted by Crippen LogP contribution is -2.43. The molecule has 0 aliphatic carbocycles. The molecule has 1 aliphatic rings. The minimum Gasteiger partial charge on any atom is -0.466 e. The Bertz CT molecular complexity index is 1570. The van der Waals surface area contributed by atoms with Crippen molar-refractivity contribution in [1.82, 2.24) is 23.8 Å². The predicted octanol–water partition coefficient (Wildman–Crippen LogP) is 1.99. The van der Waals surface area contributed by atoms with Crippen LogP contribution in [0.15, 0.2) is 59.8 Å². The van der Waals surface area contributed by atoms with Gasteiger partial charge in [0, 0.05) is 31.7 Å². The Balaban J connectivity index is 1.59. The maximum Gasteiger partial charge on any atom is 0.309 e. The van der Waals surface area contributed by atoms with Crippen LogP contribution in [0, 0.1) is 11.3 Å². The van der Waals surface area contributed by atoms with Gasteiger partial charge in [0.25, 0.3) is 11.5 Å². The van der Waals surface area contributed by atoms with Gasteiger partial charge in [-0.2, -0.15) is 0 Å². The Kier molecular flexibility index (Phi) is 6.32. The average Bonchev–Trinajstić information content (AvgIpc) is 2.91. The predicted molar refractivity (Wildman–Crippen MR) is 131 cm³/mol. The van der Waals surface area contributed by atoms with Gasteiger partial charge in [0.15, 0.2) is 0 Å². The molecule has 1 amide bonds. The molecule has 10 heteroatoms. The van der Waals surface area contributed by atoms with E-state index in [9.17, 15) is 14.4 Å². The molecule has 0 atom stereocenters. The molecule has 0 radical (unpaired) electrons. The molecule has 36 heavy (non-hydrogen) atoms. The van der Waals surface area contributed by atoms with Gasteiger partial charge in [0.05, 0.1) is 30.0 Å². The van der Waals surface area contributed by atoms with Gasteiger partial charge in [0.1, 0.15) is 16.8 Å². The number of nitrogens with one attached hydrogen (secondary N) is 1. The Labute approximate surface area is 206 Å². The van der Waals surface area contributed by atoms with Crippen LogP contribution in [-0.4, -0.2) is 55.4 Å². The highest BCUT2D eigenvalue weighted by atomic mass is 16.5. The van der Waals surface area contributed by atoms with E-state index in [1.807, 2.05) is 6.07 Å². The average molecular weight is 487 g/mol. The van der Waals surface area contributed by atoms with Crippen molar-refractivity contribution in [1.29, 1.82) is 5.41 Å². The first-order valence-electron chi connectivity index (χ1n) is 11.9. The minimum absolute atomic E-state index is 0.0314. The molecule has 184 valence electrons. The molecule has 0 spiro atoms. The van der Waals surface area contributed by atoms with Crippen LogP contribution in [0.4, 0.5) is 0 Å². The molecule has 5 heterocycles. The molecule has 1 aliphatic heterocycles. The van der Waals surface area contributed by atoms with E-state index in [4.69, 9.17) is 10.1 Å². The second kappa shape index (κ2) is 9.73. The maximum atomic E-state index is 13.6. The highest BCUT2D eigenvalue weighted by Gasteiger charge is 2.30. The zero-order chi connectivity index (χ0) is 25.2. The number of carbonyl (C=O) groups is 2. The monoisotopic (exact) mass is 486 g/mol. The first-order valence-corrected chi connectivity index (χ1v) is 11.9. The fraction of sp³-hybridized carbons (Fsp3) is 0.308. The summed E-state index contributed by atoms with van der Waals surface area (Å²) in [6.45, 7) is 3.07. The van der Waals surface area contributed by atoms with Crippen molar-refractivity contribution >= 4 is 28.6 Å². The number of pyridine rings is 3. The van der Waals surface area contributed by atoms with Crippen LogP contribution >= 0.6 is 0 Å². The second-order valence-corrected chi connectivity index (χ2v) is 8.76. The Morgan fingerprint density at radius 1 is 1.17 bits per heavy atom. The quantitative estimate of drug-likeness (QED) is 0.340. The summed E-state index contributed by atoms with van der Waals surface area (Å²) in [5.74, 6) is -0.824. The van der Waals surface area contributed by atoms with Crippen LogP contribution in [0.2, 0.25) is 0 Å². The Hall–Kier alpha value is -4.34. The zero-order valence-electron chi connectivity index (χ0n) is 19.9. The standard InChI is InChI=1S/C26H26N6O4/c1-2-36-26(35)18-8-12-30(13-9-18)24(33)19-14-20-23(29-21-7-3-4-11-31(21)25(20)34)32(22(19)27)16-17-6-5-10-28-15-17/h3-7,10-11,14-15,18,27H,2,8-9,12-13,16H2,1H3. The molecule has 0 unspecified atom stereocenters. The van der Waals surface area contributed by atoms with Crippen molar-refractivity contribution in [2.75, 3.05) is 19.7 Å². The molecule has 4 aromatic rings. The lowest BCUT2D eigenvalue weighted by Gasteiger charge is -2.31. The smallest absolute Gasteiger partial charge is 0.309 e. The van der Waals surface area contributed by atoms with E-state index in [2.05, 4.69) is 9.97 Å². The van der Waals surface area contributed by atoms with E-state index < -0.39 is 0 Å². The lowest BCUT2D eigenvalue weighted by atomic mass is 9.96. The third-order valence-electron chi connectivity index (χ3n) is 6.51. The van der Waals surface area contributed by atoms with Crippen LogP contribution in [0.5, 0.6) is 0 Å². The van der Waals surface area contributed by atoms with Crippen LogP contribution in [-0.2, 0) is 16.1 Å². The Morgan fingerprint density at radius 2 is 1.97 bits per heavy atom. The molecule has 0 saturated carbocycles. The van der Waals surface area contributed by atoms with Crippen molar-refractivity contribution in [2.45, 2.75) is 26.3 Å². The number of rotatable bonds is 5. The topological polar surface area (TPSA) is 123 Å². The van der Waals surface area contributed by atoms with Gasteiger partial charge >= 0.3 is 5.97 Å². The van der Waals surface area contributed by atoms with E-state index >= 15 is 0 Å². The van der Waals surface area contributed by atoms with Crippen molar-refractivity contribution in [3.05, 3.63) is 82.0 Å². The summed E-state index contributed by atoms with van der Waals surface area (Å²) in [4.78, 5) is 49.5. The number of aromatic nitrogens is 4. The molecular weight excluding hydrogens is 460 g/mol. The second-order valence-electron chi connectivity index (χ2n) is 8.76. The van der Waals surface area contributed by atoms with E-state index in [0.29, 0.717) is 43.8 Å². The highest BCUT2D eigenvalue weighted by Crippen LogP contribution is 2.21. The van der Waals surface area contributed by atoms with E-state index in [1.165, 1.54) is 10.5 Å². The molecule has 0 aromatic carbocycles. The van der Waals surface area contributed by atoms with E-state index in [0.717, 1.165) is 5.56 Å². The molecule has 1 saturated heterocycles. The number of piperidine rings is 1. The summed E-state index contributed by atoms with van der Waals surface area (Å²) in [6.07, 6.45) is 5.96. The number of esters is 1. The van der Waals surface area contributed by atoms with Gasteiger partial charge in [-0.05, 0) is 49.6 Å². The summed E-state index contributed by atoms with van der Waals surface area (Å²) >= 11 is 0. The number of carbonyl (C=O) groups excluding carboxylic acids is 2. The molecule has 4 aromatic heterocycles. The molecule has 0 bridgehead atoms. The summed E-state index contributed by atoms with van der Waals surface area (Å²) in [7, 11) is 0. The van der Waals surface area contributed by atoms with Crippen LogP contribution in [0.1, 0.15) is 35.7 Å². The lowest BCUT2D eigenvalue weighted by molar-refractivity contribution is -0.149. The number of hydrogen-bond donors (Lipinski definition) is 1. The fourth-order valence-corrected chi connectivity index (χ4v) is 4.63. The number of nitrogens with zero attached hydrogens (tertiary/aromatic N) is 5. The normalized spacial score (nSPS) is 14.3. The highest BCUT2D eigenvalue weighted by molar-refractivity contribution is 5.97. The van der Waals surface area contributed by atoms with Crippen LogP contribution in [0.25, 0.3) is 16.7 Å². The maximum absolute atomic E-state index is 13.6. The third kappa shape index (κ3) is 4.26. The van der Waals surface area contributed by atoms with Gasteiger partial charge in [-0.3, -0.25) is 29.2 Å². The number of hydrogen-bond acceptors (Lipinski definition) is 7. The fourth-order valence-electron chi connectivity index (χ4n) is 4.63. The summed E-state index contributed by atoms with van der Waals surface area (Å²) in [6, 6.07) is 10.4. The van der Waals surface area contributed by atoms with Crippen molar-refractivity contribution in [3.63, 3.8) is 0 Å². The molecule has 1 fully saturated rings. The largest absolute Gasteiger partial charge is 0.466 e. The van der Waals surface area contributed by atoms with Crippen molar-refractivity contribution in [2.24, 2.45) is 5.92 Å². The number of likely N-dealkylation sites (tertiary alicyclic amines) is 1. The van der Waals surface area contributed by atoms with Gasteiger partial charge < -0.3 is 14.2 Å². The number of fused-ring (bicyclic) bond motifs is 2. The molecule has 10 nitrogen and oxygen atoms in total. The number of amides is 1. The van der Waals surface area contributed by atoms with Gasteiger partial charge in [0.2, 0.25) is 0 Å². The van der Waals surface area contributed by atoms with Crippen LogP contribution in [0.3, 0.4) is 0 Å². The minimum atomic E-state index is -0.346. The summed E-state index contributed by atoms with van der Waals surface area (Å²) in [5.41, 5.74) is 1.37. The van der Waals surface area contributed by atoms with E-state index in [-0.39, 0.29) is 46.3 Å². The van der Waals surface area contributed by atoms with Crippen LogP contribution < -0.4 is 11.0 Å². The molecule has 1 N–H and O–H groups in total. The summed E-state index contributed by atoms with van der Waals surface area (Å²) in [5, 5.41) is 9.19. The molecular formula is C26H26N6O4. The summed E-state index contributed by atoms with van der Waals surface area (Å²) < 4.78 is 8.14. The first-order chi connectivity index (χ1) is 17.5. The molecule has 5 rings (SSSR count). The SMILES string of the molecule is CCOC(=O)C1CCN(C(=O)c2cc3c(=O)n4ccccc4nc3n(Cc3cccnc3)c2=N)CC1. The first kappa shape index (κ1) is 23.4. The Morgan fingerprint density at radius 3 is 2.69 bits per heavy atom. The number of ether oxygens (including phenoxy) is 1. The zero-order valence-corrected chi connectivity index (χ0v) is 19.9. The van der Waals surface area contributed by atoms with Crippen molar-refractivity contribution in [3.8, 4) is 0 Å². The van der Waals surface area contributed by atoms with E-state index in [1.54, 1.807) is 59.2 Å². The van der Waals surface area contributed by atoms with Crippen molar-refractivity contribution < 1.29 is 14.3 Å².